The van der Waals surface area contributed by atoms with Crippen LogP contribution in [0.25, 0.3) is 0 Å². The van der Waals surface area contributed by atoms with Crippen LogP contribution in [0.15, 0.2) is 17.1 Å². The first-order valence-electron chi connectivity index (χ1n) is 2.90. The van der Waals surface area contributed by atoms with Crippen LogP contribution in [0.5, 0.6) is 0 Å². The minimum absolute atomic E-state index is 0.154. The van der Waals surface area contributed by atoms with Crippen molar-refractivity contribution in [3.63, 3.8) is 0 Å². The number of hydrogen-bond donors (Lipinski definition) is 1. The first kappa shape index (κ1) is 6.63. The average Bonchev–Trinajstić information content (AvgIpc) is 1.94. The molecule has 0 unspecified atom stereocenters. The minimum Gasteiger partial charge on any atom is -0.329 e. The fourth-order valence-electron chi connectivity index (χ4n) is 0.699. The molecular weight excluding hydrogens is 126 g/mol. The summed E-state index contributed by atoms with van der Waals surface area (Å²) in [5, 5.41) is 0. The van der Waals surface area contributed by atoms with Crippen LogP contribution in [0.4, 0.5) is 0 Å². The second-order valence-electron chi connectivity index (χ2n) is 2.04. The van der Waals surface area contributed by atoms with Crippen molar-refractivity contribution in [2.24, 2.45) is 0 Å². The van der Waals surface area contributed by atoms with Crippen LogP contribution in [0, 0.1) is 19.3 Å². The predicted octanol–water partition coefficient (Wildman–Crippen LogP) is 0.665. The van der Waals surface area contributed by atoms with Crippen LogP contribution in [-0.4, -0.2) is 4.98 Å². The number of pyridine rings is 1. The maximum absolute atomic E-state index is 10.7. The number of nitrogens with one attached hydrogen (secondary N) is 1. The highest BCUT2D eigenvalue weighted by atomic mass is 16.1. The number of H-pyrrole nitrogens is 1. The van der Waals surface area contributed by atoms with Gasteiger partial charge in [0.05, 0.1) is 0 Å². The van der Waals surface area contributed by atoms with E-state index in [9.17, 15) is 4.79 Å². The van der Waals surface area contributed by atoms with Crippen molar-refractivity contribution in [1.29, 1.82) is 0 Å². The summed E-state index contributed by atoms with van der Waals surface area (Å²) in [5.41, 5.74) is 1.42. The molecule has 0 aliphatic heterocycles. The second-order valence-corrected chi connectivity index (χ2v) is 2.04. The predicted molar refractivity (Wildman–Crippen MR) is 39.7 cm³/mol. The molecule has 1 rings (SSSR count). The zero-order valence-electron chi connectivity index (χ0n) is 5.64. The first-order chi connectivity index (χ1) is 4.74. The number of aromatic nitrogens is 1. The minimum atomic E-state index is -0.154. The van der Waals surface area contributed by atoms with Gasteiger partial charge in [-0.25, -0.2) is 0 Å². The Kier molecular flexibility index (Phi) is 1.59. The van der Waals surface area contributed by atoms with E-state index in [0.717, 1.165) is 5.56 Å². The quantitative estimate of drug-likeness (QED) is 0.518. The average molecular weight is 133 g/mol. The second kappa shape index (κ2) is 2.40. The summed E-state index contributed by atoms with van der Waals surface area (Å²) in [6.45, 7) is 1.85. The van der Waals surface area contributed by atoms with Crippen molar-refractivity contribution in [2.45, 2.75) is 6.92 Å². The van der Waals surface area contributed by atoms with Gasteiger partial charge < -0.3 is 4.98 Å². The molecule has 0 aliphatic rings. The maximum atomic E-state index is 10.7. The van der Waals surface area contributed by atoms with Gasteiger partial charge >= 0.3 is 0 Å². The largest absolute Gasteiger partial charge is 0.329 e. The number of aromatic amines is 1. The Hall–Kier alpha value is -1.49. The highest BCUT2D eigenvalue weighted by Crippen LogP contribution is 1.98. The van der Waals surface area contributed by atoms with Gasteiger partial charge in [0.25, 0.3) is 0 Å². The van der Waals surface area contributed by atoms with E-state index in [1.807, 2.05) is 6.92 Å². The monoisotopic (exact) mass is 133 g/mol. The molecule has 0 aromatic carbocycles. The lowest BCUT2D eigenvalue weighted by molar-refractivity contribution is 1.19. The molecule has 1 aromatic heterocycles. The summed E-state index contributed by atoms with van der Waals surface area (Å²) in [6.07, 6.45) is 6.73. The fourth-order valence-corrected chi connectivity index (χ4v) is 0.699. The van der Waals surface area contributed by atoms with Crippen LogP contribution >= 0.6 is 0 Å². The van der Waals surface area contributed by atoms with Crippen molar-refractivity contribution in [3.05, 3.63) is 33.7 Å². The van der Waals surface area contributed by atoms with Crippen LogP contribution in [-0.2, 0) is 0 Å². The molecule has 0 atom stereocenters. The molecule has 10 heavy (non-hydrogen) atoms. The molecule has 0 aliphatic carbocycles. The number of hydrogen-bond acceptors (Lipinski definition) is 1. The zero-order chi connectivity index (χ0) is 7.56. The normalized spacial score (nSPS) is 8.80. The molecule has 1 heterocycles. The Balaban J connectivity index is 3.40. The van der Waals surface area contributed by atoms with E-state index in [-0.39, 0.29) is 5.56 Å². The molecule has 50 valence electrons. The molecule has 0 saturated heterocycles. The molecule has 0 spiro atoms. The van der Waals surface area contributed by atoms with Gasteiger partial charge in [-0.1, -0.05) is 5.92 Å². The Bertz CT molecular complexity index is 330. The lowest BCUT2D eigenvalue weighted by atomic mass is 10.2. The van der Waals surface area contributed by atoms with Gasteiger partial charge in [0, 0.05) is 17.8 Å². The Morgan fingerprint density at radius 2 is 2.40 bits per heavy atom. The van der Waals surface area contributed by atoms with Crippen LogP contribution < -0.4 is 5.56 Å². The number of rotatable bonds is 0. The van der Waals surface area contributed by atoms with Crippen molar-refractivity contribution in [2.75, 3.05) is 0 Å². The van der Waals surface area contributed by atoms with Crippen molar-refractivity contribution < 1.29 is 0 Å². The molecule has 2 heteroatoms. The van der Waals surface area contributed by atoms with E-state index in [4.69, 9.17) is 6.42 Å². The first-order valence-corrected chi connectivity index (χ1v) is 2.90. The summed E-state index contributed by atoms with van der Waals surface area (Å²) in [5.74, 6) is 2.42. The molecular formula is C8H7NO. The van der Waals surface area contributed by atoms with E-state index in [1.165, 1.54) is 6.07 Å². The van der Waals surface area contributed by atoms with Gasteiger partial charge in [-0.3, -0.25) is 4.79 Å². The van der Waals surface area contributed by atoms with E-state index in [1.54, 1.807) is 6.20 Å². The van der Waals surface area contributed by atoms with E-state index < -0.39 is 0 Å². The van der Waals surface area contributed by atoms with Gasteiger partial charge in [-0.2, -0.15) is 0 Å². The molecule has 0 bridgehead atoms. The topological polar surface area (TPSA) is 32.9 Å². The van der Waals surface area contributed by atoms with Gasteiger partial charge in [-0.15, -0.1) is 6.42 Å². The summed E-state index contributed by atoms with van der Waals surface area (Å²) in [7, 11) is 0. The fraction of sp³-hybridized carbons (Fsp3) is 0.125. The van der Waals surface area contributed by atoms with E-state index in [2.05, 4.69) is 10.9 Å². The van der Waals surface area contributed by atoms with E-state index >= 15 is 0 Å². The van der Waals surface area contributed by atoms with Gasteiger partial charge in [0.1, 0.15) is 0 Å². The third kappa shape index (κ3) is 1.08. The summed E-state index contributed by atoms with van der Waals surface area (Å²) >= 11 is 0. The smallest absolute Gasteiger partial charge is 0.249 e. The molecule has 0 saturated carbocycles. The molecule has 0 radical (unpaired) electrons. The Labute approximate surface area is 58.9 Å². The Morgan fingerprint density at radius 3 is 2.90 bits per heavy atom. The third-order valence-corrected chi connectivity index (χ3v) is 1.29. The molecule has 1 N–H and O–H groups in total. The van der Waals surface area contributed by atoms with Crippen molar-refractivity contribution in [1.82, 2.24) is 4.98 Å². The third-order valence-electron chi connectivity index (χ3n) is 1.29. The molecule has 0 fully saturated rings. The Morgan fingerprint density at radius 1 is 1.70 bits per heavy atom. The van der Waals surface area contributed by atoms with Crippen molar-refractivity contribution >= 4 is 0 Å². The summed E-state index contributed by atoms with van der Waals surface area (Å²) in [6, 6.07) is 1.41. The van der Waals surface area contributed by atoms with Crippen molar-refractivity contribution in [3.8, 4) is 12.3 Å². The van der Waals surface area contributed by atoms with Crippen LogP contribution in [0.2, 0.25) is 0 Å². The zero-order valence-corrected chi connectivity index (χ0v) is 5.64. The van der Waals surface area contributed by atoms with Gasteiger partial charge in [-0.05, 0) is 12.5 Å². The number of aryl methyl sites for hydroxylation is 1. The van der Waals surface area contributed by atoms with Gasteiger partial charge in [0.15, 0.2) is 0 Å². The SMILES string of the molecule is C#Cc1cc(=O)[nH]cc1C. The maximum Gasteiger partial charge on any atom is 0.249 e. The van der Waals surface area contributed by atoms with E-state index in [0.29, 0.717) is 5.56 Å². The number of terminal acetylenes is 1. The standard InChI is InChI=1S/C8H7NO/c1-3-7-4-8(10)9-5-6(7)2/h1,4-5H,2H3,(H,9,10). The highest BCUT2D eigenvalue weighted by molar-refractivity contribution is 5.36. The summed E-state index contributed by atoms with van der Waals surface area (Å²) in [4.78, 5) is 13.2. The summed E-state index contributed by atoms with van der Waals surface area (Å²) < 4.78 is 0. The molecule has 2 nitrogen and oxygen atoms in total. The molecule has 0 amide bonds. The van der Waals surface area contributed by atoms with Crippen LogP contribution in [0.1, 0.15) is 11.1 Å². The lowest BCUT2D eigenvalue weighted by Crippen LogP contribution is -2.04. The molecule has 1 aromatic rings. The highest BCUT2D eigenvalue weighted by Gasteiger charge is 1.92. The van der Waals surface area contributed by atoms with Crippen LogP contribution in [0.3, 0.4) is 0 Å². The lowest BCUT2D eigenvalue weighted by Gasteiger charge is -1.92. The van der Waals surface area contributed by atoms with Gasteiger partial charge in [0.2, 0.25) is 5.56 Å².